The molecule has 4 nitrogen and oxygen atoms in total. The molecule has 0 saturated carbocycles. The fourth-order valence-corrected chi connectivity index (χ4v) is 3.54. The van der Waals surface area contributed by atoms with E-state index in [1.165, 1.54) is 30.3 Å². The Bertz CT molecular complexity index is 932. The van der Waals surface area contributed by atoms with Crippen LogP contribution in [-0.2, 0) is 0 Å². The highest BCUT2D eigenvalue weighted by molar-refractivity contribution is 6.31. The summed E-state index contributed by atoms with van der Waals surface area (Å²) < 4.78 is 12.9. The molecule has 3 rings (SSSR count). The lowest BCUT2D eigenvalue weighted by atomic mass is 9.84. The summed E-state index contributed by atoms with van der Waals surface area (Å²) in [4.78, 5) is 26.9. The number of piperidine rings is 1. The second-order valence-electron chi connectivity index (χ2n) is 7.40. The van der Waals surface area contributed by atoms with Crippen molar-refractivity contribution >= 4 is 23.2 Å². The minimum atomic E-state index is -1.40. The molecule has 1 fully saturated rings. The zero-order chi connectivity index (χ0) is 21.0. The van der Waals surface area contributed by atoms with Crippen LogP contribution < -0.4 is 0 Å². The molecule has 0 bridgehead atoms. The number of nitrogens with zero attached hydrogens (tertiary/aromatic N) is 1. The number of benzene rings is 2. The van der Waals surface area contributed by atoms with Crippen molar-refractivity contribution in [1.29, 1.82) is 0 Å². The van der Waals surface area contributed by atoms with Crippen molar-refractivity contribution in [3.63, 3.8) is 0 Å². The van der Waals surface area contributed by atoms with Gasteiger partial charge in [-0.2, -0.15) is 0 Å². The van der Waals surface area contributed by atoms with E-state index in [-0.39, 0.29) is 17.4 Å². The van der Waals surface area contributed by atoms with Gasteiger partial charge in [-0.1, -0.05) is 29.8 Å². The van der Waals surface area contributed by atoms with E-state index < -0.39 is 5.60 Å². The number of Topliss-reactive ketones (excluding diaryl/α,β-unsaturated/α-hetero) is 1. The van der Waals surface area contributed by atoms with Gasteiger partial charge in [-0.3, -0.25) is 14.5 Å². The lowest BCUT2D eigenvalue weighted by Gasteiger charge is -2.36. The third-order valence-electron chi connectivity index (χ3n) is 5.30. The maximum absolute atomic E-state index is 12.9. The van der Waals surface area contributed by atoms with E-state index in [1.54, 1.807) is 24.3 Å². The fraction of sp³-hybridized carbons (Fsp3) is 0.304. The van der Waals surface area contributed by atoms with E-state index in [0.717, 1.165) is 5.56 Å². The van der Waals surface area contributed by atoms with E-state index in [4.69, 9.17) is 11.6 Å². The Morgan fingerprint density at radius 1 is 1.14 bits per heavy atom. The quantitative estimate of drug-likeness (QED) is 0.566. The molecule has 0 aliphatic carbocycles. The van der Waals surface area contributed by atoms with Gasteiger partial charge in [-0.15, -0.1) is 0 Å². The molecule has 2 aromatic carbocycles. The van der Waals surface area contributed by atoms with E-state index in [1.807, 2.05) is 6.92 Å². The van der Waals surface area contributed by atoms with E-state index in [0.29, 0.717) is 48.6 Å². The lowest BCUT2D eigenvalue weighted by Crippen LogP contribution is -2.49. The van der Waals surface area contributed by atoms with Crippen molar-refractivity contribution < 1.29 is 19.1 Å². The molecule has 0 aromatic heterocycles. The SMILES string of the molecule is Cc1ccc(C(=O)C2(O)CCN(CC=CC(=O)c3ccc(F)cc3)CC2)cc1Cl. The molecular formula is C23H23ClFNO3. The van der Waals surface area contributed by atoms with Crippen LogP contribution in [0.4, 0.5) is 4.39 Å². The summed E-state index contributed by atoms with van der Waals surface area (Å²) in [6, 6.07) is 10.5. The first kappa shape index (κ1) is 21.4. The lowest BCUT2D eigenvalue weighted by molar-refractivity contribution is -0.00436. The molecule has 1 aliphatic heterocycles. The number of hydrogen-bond acceptors (Lipinski definition) is 4. The number of aryl methyl sites for hydroxylation is 1. The smallest absolute Gasteiger partial charge is 0.194 e. The van der Waals surface area contributed by atoms with Gasteiger partial charge in [0, 0.05) is 35.8 Å². The Hall–Kier alpha value is -2.34. The van der Waals surface area contributed by atoms with Crippen molar-refractivity contribution in [1.82, 2.24) is 4.90 Å². The number of aliphatic hydroxyl groups is 1. The molecule has 6 heteroatoms. The zero-order valence-electron chi connectivity index (χ0n) is 16.2. The van der Waals surface area contributed by atoms with Gasteiger partial charge >= 0.3 is 0 Å². The van der Waals surface area contributed by atoms with Crippen molar-refractivity contribution in [3.05, 3.63) is 82.1 Å². The molecule has 1 saturated heterocycles. The molecule has 0 amide bonds. The Morgan fingerprint density at radius 3 is 2.38 bits per heavy atom. The Morgan fingerprint density at radius 2 is 1.76 bits per heavy atom. The second kappa shape index (κ2) is 8.99. The normalized spacial score (nSPS) is 16.8. The standard InChI is InChI=1S/C23H23ClFNO3/c1-16-4-5-18(15-20(16)24)22(28)23(29)10-13-26(14-11-23)12-2-3-21(27)17-6-8-19(25)9-7-17/h2-9,15,29H,10-14H2,1H3. The summed E-state index contributed by atoms with van der Waals surface area (Å²) in [5, 5.41) is 11.3. The zero-order valence-corrected chi connectivity index (χ0v) is 17.0. The second-order valence-corrected chi connectivity index (χ2v) is 7.81. The Balaban J connectivity index is 1.54. The first-order valence-electron chi connectivity index (χ1n) is 9.51. The highest BCUT2D eigenvalue weighted by atomic mass is 35.5. The number of carbonyl (C=O) groups is 2. The number of hydrogen-bond donors (Lipinski definition) is 1. The average Bonchev–Trinajstić information content (AvgIpc) is 2.71. The molecule has 29 heavy (non-hydrogen) atoms. The Labute approximate surface area is 174 Å². The number of allylic oxidation sites excluding steroid dienone is 1. The van der Waals surface area contributed by atoms with E-state index in [9.17, 15) is 19.1 Å². The largest absolute Gasteiger partial charge is 0.382 e. The molecule has 2 aromatic rings. The number of ketones is 2. The van der Waals surface area contributed by atoms with Crippen LogP contribution in [0.1, 0.15) is 39.1 Å². The summed E-state index contributed by atoms with van der Waals surface area (Å²) in [6.45, 7) is 3.47. The molecule has 152 valence electrons. The number of carbonyl (C=O) groups excluding carboxylic acids is 2. The molecule has 1 heterocycles. The van der Waals surface area contributed by atoms with Crippen LogP contribution in [0.25, 0.3) is 0 Å². The van der Waals surface area contributed by atoms with Crippen molar-refractivity contribution in [2.75, 3.05) is 19.6 Å². The molecule has 1 N–H and O–H groups in total. The summed E-state index contributed by atoms with van der Waals surface area (Å²) in [6.07, 6.45) is 3.85. The molecule has 0 unspecified atom stereocenters. The van der Waals surface area contributed by atoms with Crippen LogP contribution >= 0.6 is 11.6 Å². The van der Waals surface area contributed by atoms with Crippen LogP contribution in [0.3, 0.4) is 0 Å². The molecule has 0 spiro atoms. The predicted octanol–water partition coefficient (Wildman–Crippen LogP) is 4.24. The number of rotatable bonds is 6. The third kappa shape index (κ3) is 5.18. The Kier molecular flexibility index (Phi) is 6.63. The van der Waals surface area contributed by atoms with Gasteiger partial charge in [0.2, 0.25) is 0 Å². The maximum atomic E-state index is 12.9. The fourth-order valence-electron chi connectivity index (χ4n) is 3.35. The molecule has 0 radical (unpaired) electrons. The monoisotopic (exact) mass is 415 g/mol. The van der Waals surface area contributed by atoms with Gasteiger partial charge in [0.25, 0.3) is 0 Å². The van der Waals surface area contributed by atoms with E-state index >= 15 is 0 Å². The van der Waals surface area contributed by atoms with Gasteiger partial charge in [-0.05, 0) is 61.7 Å². The number of likely N-dealkylation sites (tertiary alicyclic amines) is 1. The highest BCUT2D eigenvalue weighted by Gasteiger charge is 2.39. The van der Waals surface area contributed by atoms with Crippen molar-refractivity contribution in [3.8, 4) is 0 Å². The third-order valence-corrected chi connectivity index (χ3v) is 5.71. The summed E-state index contributed by atoms with van der Waals surface area (Å²) >= 11 is 6.10. The van der Waals surface area contributed by atoms with Crippen LogP contribution in [0, 0.1) is 12.7 Å². The van der Waals surface area contributed by atoms with Crippen molar-refractivity contribution in [2.45, 2.75) is 25.4 Å². The van der Waals surface area contributed by atoms with Crippen LogP contribution in [0.5, 0.6) is 0 Å². The maximum Gasteiger partial charge on any atom is 0.194 e. The van der Waals surface area contributed by atoms with Gasteiger partial charge in [0.15, 0.2) is 11.6 Å². The average molecular weight is 416 g/mol. The van der Waals surface area contributed by atoms with Crippen LogP contribution in [-0.4, -0.2) is 46.8 Å². The molecule has 0 atom stereocenters. The van der Waals surface area contributed by atoms with Crippen LogP contribution in [0.15, 0.2) is 54.6 Å². The topological polar surface area (TPSA) is 57.6 Å². The van der Waals surface area contributed by atoms with E-state index in [2.05, 4.69) is 4.90 Å². The minimum Gasteiger partial charge on any atom is -0.382 e. The highest BCUT2D eigenvalue weighted by Crippen LogP contribution is 2.28. The van der Waals surface area contributed by atoms with Gasteiger partial charge in [-0.25, -0.2) is 4.39 Å². The molecule has 1 aliphatic rings. The summed E-state index contributed by atoms with van der Waals surface area (Å²) in [7, 11) is 0. The molecular weight excluding hydrogens is 393 g/mol. The van der Waals surface area contributed by atoms with Gasteiger partial charge in [0.05, 0.1) is 0 Å². The van der Waals surface area contributed by atoms with Gasteiger partial charge in [0.1, 0.15) is 11.4 Å². The summed E-state index contributed by atoms with van der Waals surface area (Å²) in [5.74, 6) is -0.875. The van der Waals surface area contributed by atoms with Crippen LogP contribution in [0.2, 0.25) is 5.02 Å². The van der Waals surface area contributed by atoms with Gasteiger partial charge < -0.3 is 5.11 Å². The van der Waals surface area contributed by atoms with Crippen molar-refractivity contribution in [2.24, 2.45) is 0 Å². The minimum absolute atomic E-state index is 0.190. The predicted molar refractivity (Wildman–Crippen MR) is 111 cm³/mol. The first-order chi connectivity index (χ1) is 13.8. The first-order valence-corrected chi connectivity index (χ1v) is 9.88. The number of halogens is 2. The summed E-state index contributed by atoms with van der Waals surface area (Å²) in [5.41, 5.74) is 0.328.